The van der Waals surface area contributed by atoms with Gasteiger partial charge in [0.15, 0.2) is 5.96 Å². The van der Waals surface area contributed by atoms with E-state index in [1.165, 1.54) is 0 Å². The number of methoxy groups -OCH3 is 1. The molecule has 6 heteroatoms. The smallest absolute Gasteiger partial charge is 0.213 e. The summed E-state index contributed by atoms with van der Waals surface area (Å²) in [6.07, 6.45) is 1.92. The number of nitrogens with one attached hydrogen (secondary N) is 2. The molecule has 26 heavy (non-hydrogen) atoms. The molecule has 2 N–H and O–H groups in total. The molecule has 2 rings (SSSR count). The number of hydrogen-bond donors (Lipinski definition) is 2. The Bertz CT molecular complexity index is 699. The van der Waals surface area contributed by atoms with Crippen LogP contribution in [0.3, 0.4) is 0 Å². The average molecular weight is 356 g/mol. The van der Waals surface area contributed by atoms with Crippen LogP contribution in [0, 0.1) is 0 Å². The zero-order valence-electron chi connectivity index (χ0n) is 16.0. The fourth-order valence-electron chi connectivity index (χ4n) is 2.30. The highest BCUT2D eigenvalue weighted by Gasteiger charge is 2.02. The molecule has 6 nitrogen and oxygen atoms in total. The van der Waals surface area contributed by atoms with Gasteiger partial charge in [0.1, 0.15) is 5.75 Å². The Labute approximate surface area is 155 Å². The summed E-state index contributed by atoms with van der Waals surface area (Å²) in [6.45, 7) is 8.02. The second-order valence-electron chi connectivity index (χ2n) is 6.07. The van der Waals surface area contributed by atoms with Crippen LogP contribution in [0.15, 0.2) is 47.6 Å². The fourth-order valence-corrected chi connectivity index (χ4v) is 2.30. The monoisotopic (exact) mass is 356 g/mol. The largest absolute Gasteiger partial charge is 0.497 e. The zero-order valence-corrected chi connectivity index (χ0v) is 16.0. The van der Waals surface area contributed by atoms with E-state index >= 15 is 0 Å². The quantitative estimate of drug-likeness (QED) is 0.562. The first-order chi connectivity index (χ1) is 12.6. The van der Waals surface area contributed by atoms with Crippen LogP contribution in [0.4, 0.5) is 0 Å². The van der Waals surface area contributed by atoms with Crippen LogP contribution in [-0.2, 0) is 13.1 Å². The molecule has 0 spiro atoms. The Hall–Kier alpha value is -2.76. The summed E-state index contributed by atoms with van der Waals surface area (Å²) >= 11 is 0. The number of nitrogens with zero attached hydrogens (tertiary/aromatic N) is 2. The maximum Gasteiger partial charge on any atom is 0.213 e. The third-order valence-corrected chi connectivity index (χ3v) is 3.51. The third kappa shape index (κ3) is 6.63. The van der Waals surface area contributed by atoms with Gasteiger partial charge in [-0.2, -0.15) is 0 Å². The van der Waals surface area contributed by atoms with Gasteiger partial charge in [0, 0.05) is 25.4 Å². The number of pyridine rings is 1. The minimum absolute atomic E-state index is 0.118. The van der Waals surface area contributed by atoms with Crippen molar-refractivity contribution >= 4 is 5.96 Å². The molecule has 0 amide bonds. The molecule has 0 aliphatic rings. The average Bonchev–Trinajstić information content (AvgIpc) is 2.65. The van der Waals surface area contributed by atoms with Gasteiger partial charge in [0.2, 0.25) is 5.88 Å². The summed E-state index contributed by atoms with van der Waals surface area (Å²) in [5, 5.41) is 6.59. The minimum Gasteiger partial charge on any atom is -0.497 e. The highest BCUT2D eigenvalue weighted by Crippen LogP contribution is 2.12. The van der Waals surface area contributed by atoms with Crippen molar-refractivity contribution in [3.8, 4) is 11.6 Å². The molecule has 1 aromatic carbocycles. The van der Waals surface area contributed by atoms with Gasteiger partial charge >= 0.3 is 0 Å². The second-order valence-corrected chi connectivity index (χ2v) is 6.07. The number of benzene rings is 1. The fraction of sp³-hybridized carbons (Fsp3) is 0.400. The van der Waals surface area contributed by atoms with E-state index < -0.39 is 0 Å². The van der Waals surface area contributed by atoms with Gasteiger partial charge in [-0.25, -0.2) is 9.98 Å². The molecule has 1 heterocycles. The molecule has 1 aromatic heterocycles. The predicted octanol–water partition coefficient (Wildman–Crippen LogP) is 3.13. The summed E-state index contributed by atoms with van der Waals surface area (Å²) < 4.78 is 10.8. The second kappa shape index (κ2) is 10.3. The molecular weight excluding hydrogens is 328 g/mol. The molecule has 0 atom stereocenters. The molecule has 0 unspecified atom stereocenters. The van der Waals surface area contributed by atoms with Crippen molar-refractivity contribution in [3.63, 3.8) is 0 Å². The number of guanidine groups is 1. The number of hydrogen-bond acceptors (Lipinski definition) is 4. The number of ether oxygens (including phenoxy) is 2. The van der Waals surface area contributed by atoms with Gasteiger partial charge in [0.05, 0.1) is 19.8 Å². The number of aromatic nitrogens is 1. The molecule has 140 valence electrons. The highest BCUT2D eigenvalue weighted by molar-refractivity contribution is 5.79. The predicted molar refractivity (Wildman–Crippen MR) is 105 cm³/mol. The highest BCUT2D eigenvalue weighted by atomic mass is 16.5. The van der Waals surface area contributed by atoms with Crippen LogP contribution >= 0.6 is 0 Å². The van der Waals surface area contributed by atoms with Crippen LogP contribution in [0.5, 0.6) is 11.6 Å². The summed E-state index contributed by atoms with van der Waals surface area (Å²) in [6, 6.07) is 11.8. The molecule has 0 fully saturated rings. The van der Waals surface area contributed by atoms with Gasteiger partial charge in [-0.3, -0.25) is 0 Å². The third-order valence-electron chi connectivity index (χ3n) is 3.51. The van der Waals surface area contributed by atoms with E-state index in [0.29, 0.717) is 19.0 Å². The minimum atomic E-state index is 0.118. The van der Waals surface area contributed by atoms with Crippen molar-refractivity contribution < 1.29 is 9.47 Å². The summed E-state index contributed by atoms with van der Waals surface area (Å²) in [5.74, 6) is 2.25. The Kier molecular flexibility index (Phi) is 7.74. The van der Waals surface area contributed by atoms with Crippen LogP contribution in [0.25, 0.3) is 0 Å². The first-order valence-corrected chi connectivity index (χ1v) is 8.87. The van der Waals surface area contributed by atoms with E-state index in [2.05, 4.69) is 26.7 Å². The number of rotatable bonds is 8. The van der Waals surface area contributed by atoms with Gasteiger partial charge < -0.3 is 20.1 Å². The van der Waals surface area contributed by atoms with Crippen molar-refractivity contribution in [2.45, 2.75) is 40.0 Å². The Morgan fingerprint density at radius 3 is 2.65 bits per heavy atom. The van der Waals surface area contributed by atoms with Gasteiger partial charge in [-0.1, -0.05) is 18.2 Å². The Morgan fingerprint density at radius 1 is 1.15 bits per heavy atom. The van der Waals surface area contributed by atoms with Crippen LogP contribution in [-0.4, -0.2) is 30.7 Å². The zero-order chi connectivity index (χ0) is 18.8. The van der Waals surface area contributed by atoms with Crippen molar-refractivity contribution in [2.75, 3.05) is 13.7 Å². The van der Waals surface area contributed by atoms with Gasteiger partial charge in [0.25, 0.3) is 0 Å². The normalized spacial score (nSPS) is 11.3. The van der Waals surface area contributed by atoms with E-state index in [4.69, 9.17) is 9.47 Å². The molecule has 0 aliphatic carbocycles. The van der Waals surface area contributed by atoms with Gasteiger partial charge in [-0.05, 0) is 44.0 Å². The topological polar surface area (TPSA) is 67.8 Å². The standard InChI is InChI=1S/C20H28N4O2/c1-5-21-20(23-12-16-7-6-8-18(11-16)25-4)24-14-17-9-10-19(22-13-17)26-15(2)3/h6-11,13,15H,5,12,14H2,1-4H3,(H2,21,23,24). The van der Waals surface area contributed by atoms with Crippen molar-refractivity contribution in [1.29, 1.82) is 0 Å². The molecular formula is C20H28N4O2. The van der Waals surface area contributed by atoms with Crippen LogP contribution < -0.4 is 20.1 Å². The summed E-state index contributed by atoms with van der Waals surface area (Å²) in [7, 11) is 1.67. The van der Waals surface area contributed by atoms with Crippen molar-refractivity contribution in [2.24, 2.45) is 4.99 Å². The van der Waals surface area contributed by atoms with Crippen LogP contribution in [0.2, 0.25) is 0 Å². The lowest BCUT2D eigenvalue weighted by Crippen LogP contribution is -2.36. The lowest BCUT2D eigenvalue weighted by Gasteiger charge is -2.12. The first-order valence-electron chi connectivity index (χ1n) is 8.87. The Balaban J connectivity index is 1.95. The molecule has 2 aromatic rings. The van der Waals surface area contributed by atoms with Crippen molar-refractivity contribution in [3.05, 3.63) is 53.7 Å². The molecule has 0 saturated heterocycles. The first kappa shape index (κ1) is 19.6. The van der Waals surface area contributed by atoms with E-state index in [-0.39, 0.29) is 6.10 Å². The number of aliphatic imine (C=N–C) groups is 1. The molecule has 0 saturated carbocycles. The van der Waals surface area contributed by atoms with E-state index in [0.717, 1.165) is 29.4 Å². The lowest BCUT2D eigenvalue weighted by atomic mass is 10.2. The van der Waals surface area contributed by atoms with E-state index in [1.807, 2.05) is 51.1 Å². The van der Waals surface area contributed by atoms with Crippen molar-refractivity contribution in [1.82, 2.24) is 15.6 Å². The maximum absolute atomic E-state index is 5.56. The summed E-state index contributed by atoms with van der Waals surface area (Å²) in [5.41, 5.74) is 2.16. The Morgan fingerprint density at radius 2 is 2.00 bits per heavy atom. The molecule has 0 radical (unpaired) electrons. The van der Waals surface area contributed by atoms with E-state index in [1.54, 1.807) is 13.3 Å². The molecule has 0 bridgehead atoms. The SMILES string of the molecule is CCNC(=NCc1ccc(OC(C)C)nc1)NCc1cccc(OC)c1. The van der Waals surface area contributed by atoms with E-state index in [9.17, 15) is 0 Å². The maximum atomic E-state index is 5.56. The van der Waals surface area contributed by atoms with Gasteiger partial charge in [-0.15, -0.1) is 0 Å². The van der Waals surface area contributed by atoms with Crippen LogP contribution in [0.1, 0.15) is 31.9 Å². The summed E-state index contributed by atoms with van der Waals surface area (Å²) in [4.78, 5) is 8.92. The molecule has 0 aliphatic heterocycles. The lowest BCUT2D eigenvalue weighted by molar-refractivity contribution is 0.232.